The Labute approximate surface area is 195 Å². The molecule has 1 saturated carbocycles. The lowest BCUT2D eigenvalue weighted by molar-refractivity contribution is 0.415. The van der Waals surface area contributed by atoms with E-state index >= 15 is 0 Å². The summed E-state index contributed by atoms with van der Waals surface area (Å²) in [6.07, 6.45) is 9.73. The first-order chi connectivity index (χ1) is 16.1. The lowest BCUT2D eigenvalue weighted by Gasteiger charge is -2.18. The van der Waals surface area contributed by atoms with Crippen molar-refractivity contribution in [1.82, 2.24) is 9.55 Å². The fraction of sp³-hybridized carbons (Fsp3) is 0.393. The van der Waals surface area contributed by atoms with Crippen LogP contribution in [0.25, 0.3) is 27.2 Å². The molecule has 1 heterocycles. The Bertz CT molecular complexity index is 1180. The minimum atomic E-state index is -0.0460. The molecular weight excluding hydrogens is 410 g/mol. The molecule has 5 nitrogen and oxygen atoms in total. The fourth-order valence-electron chi connectivity index (χ4n) is 4.78. The topological polar surface area (TPSA) is 48.5 Å². The molecular formula is C28H31N3O2. The Hall–Kier alpha value is -3.39. The van der Waals surface area contributed by atoms with E-state index < -0.39 is 0 Å². The van der Waals surface area contributed by atoms with Gasteiger partial charge in [-0.3, -0.25) is 9.36 Å². The Morgan fingerprint density at radius 1 is 1.00 bits per heavy atom. The average Bonchev–Trinajstić information content (AvgIpc) is 3.14. The van der Waals surface area contributed by atoms with Crippen molar-refractivity contribution < 1.29 is 4.74 Å². The summed E-state index contributed by atoms with van der Waals surface area (Å²) in [5, 5.41) is 0. The van der Waals surface area contributed by atoms with Crippen molar-refractivity contribution in [3.05, 3.63) is 76.1 Å². The summed E-state index contributed by atoms with van der Waals surface area (Å²) in [6, 6.07) is 14.9. The second-order valence-corrected chi connectivity index (χ2v) is 8.90. The van der Waals surface area contributed by atoms with E-state index in [0.717, 1.165) is 35.5 Å². The molecule has 0 N–H and O–H groups in total. The molecule has 2 aromatic carbocycles. The van der Waals surface area contributed by atoms with Crippen LogP contribution in [0.3, 0.4) is 0 Å². The van der Waals surface area contributed by atoms with E-state index in [4.69, 9.17) is 16.3 Å². The highest BCUT2D eigenvalue weighted by Crippen LogP contribution is 2.31. The Kier molecular flexibility index (Phi) is 7.24. The molecule has 0 aliphatic heterocycles. The first kappa shape index (κ1) is 22.8. The van der Waals surface area contributed by atoms with Gasteiger partial charge in [-0.1, -0.05) is 74.9 Å². The maximum atomic E-state index is 13.6. The molecule has 0 amide bonds. The molecule has 170 valence electrons. The smallest absolute Gasteiger partial charge is 0.261 e. The summed E-state index contributed by atoms with van der Waals surface area (Å²) in [5.41, 5.74) is 3.44. The Morgan fingerprint density at radius 2 is 1.64 bits per heavy atom. The predicted octanol–water partition coefficient (Wildman–Crippen LogP) is 6.58. The van der Waals surface area contributed by atoms with Gasteiger partial charge in [0.1, 0.15) is 11.6 Å². The van der Waals surface area contributed by atoms with Crippen molar-refractivity contribution in [2.75, 3.05) is 7.11 Å². The third-order valence-corrected chi connectivity index (χ3v) is 6.78. The molecule has 1 aromatic heterocycles. The molecule has 0 saturated heterocycles. The quantitative estimate of drug-likeness (QED) is 0.321. The molecule has 1 fully saturated rings. The van der Waals surface area contributed by atoms with Gasteiger partial charge in [0.15, 0.2) is 5.69 Å². The number of hydrogen-bond acceptors (Lipinski definition) is 3. The van der Waals surface area contributed by atoms with Crippen molar-refractivity contribution in [3.63, 3.8) is 0 Å². The molecule has 0 atom stereocenters. The lowest BCUT2D eigenvalue weighted by Crippen LogP contribution is -2.25. The van der Waals surface area contributed by atoms with Gasteiger partial charge in [-0.15, -0.1) is 0 Å². The third-order valence-electron chi connectivity index (χ3n) is 6.78. The maximum absolute atomic E-state index is 13.6. The molecule has 0 radical (unpaired) electrons. The number of aryl methyl sites for hydroxylation is 1. The van der Waals surface area contributed by atoms with Gasteiger partial charge in [0.25, 0.3) is 5.56 Å². The standard InChI is InChI=1S/C28H31N3O2/c1-29-23-15-11-22(12-16-23)27-26(21-13-17-24(33-3)18-14-21)28(32)31(2)25(30-27)19-10-20-8-6-4-5-7-9-20/h11-18,20H,4-10,19H2,2-3H3. The van der Waals surface area contributed by atoms with Crippen LogP contribution in [-0.4, -0.2) is 16.7 Å². The van der Waals surface area contributed by atoms with Crippen LogP contribution in [0, 0.1) is 12.5 Å². The second-order valence-electron chi connectivity index (χ2n) is 8.90. The van der Waals surface area contributed by atoms with E-state index in [2.05, 4.69) is 4.85 Å². The number of methoxy groups -OCH3 is 1. The SMILES string of the molecule is [C-]#[N+]c1ccc(-c2nc(CCC3CCCCCC3)n(C)c(=O)c2-c2ccc(OC)cc2)cc1. The van der Waals surface area contributed by atoms with Gasteiger partial charge in [-0.05, 0) is 35.6 Å². The highest BCUT2D eigenvalue weighted by Gasteiger charge is 2.20. The molecule has 0 unspecified atom stereocenters. The number of benzene rings is 2. The van der Waals surface area contributed by atoms with E-state index in [1.165, 1.54) is 38.5 Å². The van der Waals surface area contributed by atoms with E-state index in [-0.39, 0.29) is 5.56 Å². The van der Waals surface area contributed by atoms with E-state index in [1.807, 2.05) is 43.4 Å². The normalized spacial score (nSPS) is 14.5. The van der Waals surface area contributed by atoms with Crippen LogP contribution in [0.1, 0.15) is 50.8 Å². The number of rotatable bonds is 6. The van der Waals surface area contributed by atoms with Crippen molar-refractivity contribution in [2.24, 2.45) is 13.0 Å². The van der Waals surface area contributed by atoms with Crippen molar-refractivity contribution in [1.29, 1.82) is 0 Å². The molecule has 3 aromatic rings. The van der Waals surface area contributed by atoms with Gasteiger partial charge < -0.3 is 4.74 Å². The van der Waals surface area contributed by atoms with Gasteiger partial charge in [0, 0.05) is 13.5 Å². The maximum Gasteiger partial charge on any atom is 0.261 e. The summed E-state index contributed by atoms with van der Waals surface area (Å²) in [7, 11) is 3.46. The van der Waals surface area contributed by atoms with Crippen LogP contribution in [0.15, 0.2) is 53.3 Å². The van der Waals surface area contributed by atoms with Gasteiger partial charge in [-0.25, -0.2) is 9.83 Å². The van der Waals surface area contributed by atoms with Crippen LogP contribution in [0.2, 0.25) is 0 Å². The van der Waals surface area contributed by atoms with Crippen molar-refractivity contribution in [3.8, 4) is 28.1 Å². The third kappa shape index (κ3) is 5.17. The average molecular weight is 442 g/mol. The predicted molar refractivity (Wildman–Crippen MR) is 133 cm³/mol. The van der Waals surface area contributed by atoms with Gasteiger partial charge in [0.2, 0.25) is 0 Å². The van der Waals surface area contributed by atoms with E-state index in [1.54, 1.807) is 23.8 Å². The van der Waals surface area contributed by atoms with E-state index in [0.29, 0.717) is 22.9 Å². The van der Waals surface area contributed by atoms with Crippen molar-refractivity contribution in [2.45, 2.75) is 51.4 Å². The zero-order valence-corrected chi connectivity index (χ0v) is 19.5. The Morgan fingerprint density at radius 3 is 2.24 bits per heavy atom. The van der Waals surface area contributed by atoms with Crippen LogP contribution in [0.4, 0.5) is 5.69 Å². The summed E-state index contributed by atoms with van der Waals surface area (Å²) in [5.74, 6) is 2.28. The zero-order chi connectivity index (χ0) is 23.2. The molecule has 1 aliphatic rings. The molecule has 0 bridgehead atoms. The fourth-order valence-corrected chi connectivity index (χ4v) is 4.78. The van der Waals surface area contributed by atoms with Crippen LogP contribution in [0.5, 0.6) is 5.75 Å². The molecule has 1 aliphatic carbocycles. The minimum Gasteiger partial charge on any atom is -0.497 e. The van der Waals surface area contributed by atoms with Gasteiger partial charge in [0.05, 0.1) is 24.9 Å². The van der Waals surface area contributed by atoms with Crippen LogP contribution in [-0.2, 0) is 13.5 Å². The monoisotopic (exact) mass is 441 g/mol. The minimum absolute atomic E-state index is 0.0460. The zero-order valence-electron chi connectivity index (χ0n) is 19.5. The highest BCUT2D eigenvalue weighted by atomic mass is 16.5. The number of aromatic nitrogens is 2. The first-order valence-corrected chi connectivity index (χ1v) is 11.8. The summed E-state index contributed by atoms with van der Waals surface area (Å²) >= 11 is 0. The summed E-state index contributed by atoms with van der Waals surface area (Å²) in [4.78, 5) is 22.1. The highest BCUT2D eigenvalue weighted by molar-refractivity contribution is 5.81. The molecule has 33 heavy (non-hydrogen) atoms. The van der Waals surface area contributed by atoms with Crippen LogP contribution >= 0.6 is 0 Å². The lowest BCUT2D eigenvalue weighted by atomic mass is 9.94. The number of hydrogen-bond donors (Lipinski definition) is 0. The first-order valence-electron chi connectivity index (χ1n) is 11.8. The molecule has 4 rings (SSSR count). The number of ether oxygens (including phenoxy) is 1. The summed E-state index contributed by atoms with van der Waals surface area (Å²) in [6.45, 7) is 7.24. The largest absolute Gasteiger partial charge is 0.497 e. The molecule has 5 heteroatoms. The van der Waals surface area contributed by atoms with Crippen molar-refractivity contribution >= 4 is 5.69 Å². The van der Waals surface area contributed by atoms with Crippen LogP contribution < -0.4 is 10.3 Å². The van der Waals surface area contributed by atoms with Gasteiger partial charge >= 0.3 is 0 Å². The van der Waals surface area contributed by atoms with E-state index in [9.17, 15) is 4.79 Å². The second kappa shape index (κ2) is 10.5. The van der Waals surface area contributed by atoms with Gasteiger partial charge in [-0.2, -0.15) is 0 Å². The number of nitrogens with zero attached hydrogens (tertiary/aromatic N) is 3. The Balaban J connectivity index is 1.76. The summed E-state index contributed by atoms with van der Waals surface area (Å²) < 4.78 is 7.01. The molecule has 0 spiro atoms.